The Morgan fingerprint density at radius 3 is 2.21 bits per heavy atom. The van der Waals surface area contributed by atoms with Crippen molar-refractivity contribution in [3.8, 4) is 28.7 Å². The number of carbonyl (C=O) groups is 5. The molecule has 0 radical (unpaired) electrons. The predicted molar refractivity (Wildman–Crippen MR) is 244 cm³/mol. The lowest BCUT2D eigenvalue weighted by molar-refractivity contribution is -0.141. The lowest BCUT2D eigenvalue weighted by Gasteiger charge is -2.32. The highest BCUT2D eigenvalue weighted by molar-refractivity contribution is 6.02. The molecule has 15 heteroatoms. The third kappa shape index (κ3) is 14.1. The van der Waals surface area contributed by atoms with Crippen molar-refractivity contribution in [3.05, 3.63) is 76.9 Å². The van der Waals surface area contributed by atoms with E-state index >= 15 is 0 Å². The number of nitrogens with one attached hydrogen (secondary N) is 2. The first-order valence-electron chi connectivity index (χ1n) is 22.2. The van der Waals surface area contributed by atoms with Gasteiger partial charge in [-0.25, -0.2) is 0 Å². The molecule has 4 bridgehead atoms. The molecule has 15 nitrogen and oxygen atoms in total. The number of hydrogen-bond acceptors (Lipinski definition) is 12. The Labute approximate surface area is 371 Å². The zero-order chi connectivity index (χ0) is 45.9. The van der Waals surface area contributed by atoms with E-state index in [4.69, 9.17) is 32.4 Å². The highest BCUT2D eigenvalue weighted by atomic mass is 16.5. The van der Waals surface area contributed by atoms with Crippen molar-refractivity contribution in [2.45, 2.75) is 109 Å². The van der Waals surface area contributed by atoms with Crippen LogP contribution in [-0.2, 0) is 32.0 Å². The van der Waals surface area contributed by atoms with Crippen LogP contribution < -0.4 is 43.0 Å². The van der Waals surface area contributed by atoms with Crippen molar-refractivity contribution in [1.29, 1.82) is 5.26 Å². The molecule has 10 N–H and O–H groups in total. The molecule has 3 aromatic rings. The number of ketones is 2. The number of anilines is 1. The Balaban J connectivity index is 1.76. The Morgan fingerprint density at radius 2 is 1.56 bits per heavy atom. The molecule has 0 unspecified atom stereocenters. The van der Waals surface area contributed by atoms with E-state index in [-0.39, 0.29) is 82.0 Å². The fraction of sp³-hybridized carbons (Fsp3) is 0.500. The van der Waals surface area contributed by atoms with Crippen molar-refractivity contribution in [2.24, 2.45) is 23.1 Å². The van der Waals surface area contributed by atoms with E-state index in [0.717, 1.165) is 24.8 Å². The van der Waals surface area contributed by atoms with Crippen LogP contribution in [0.25, 0.3) is 11.1 Å². The van der Waals surface area contributed by atoms with Crippen LogP contribution >= 0.6 is 0 Å². The lowest BCUT2D eigenvalue weighted by atomic mass is 9.89. The summed E-state index contributed by atoms with van der Waals surface area (Å²) in [5, 5.41) is 14.9. The Kier molecular flexibility index (Phi) is 20.0. The largest absolute Gasteiger partial charge is 0.492 e. The zero-order valence-electron chi connectivity index (χ0n) is 37.1. The topological polar surface area (TPSA) is 259 Å². The van der Waals surface area contributed by atoms with E-state index < -0.39 is 47.5 Å². The fourth-order valence-corrected chi connectivity index (χ4v) is 7.83. The van der Waals surface area contributed by atoms with Gasteiger partial charge in [0.25, 0.3) is 5.91 Å². The molecule has 1 heterocycles. The van der Waals surface area contributed by atoms with Gasteiger partial charge in [-0.3, -0.25) is 24.0 Å². The van der Waals surface area contributed by atoms with E-state index in [9.17, 15) is 29.2 Å². The SMILES string of the molecule is CCCCCCCCc1ccc(C(=O)N[C@@H](CCN)C(=O)N(C)[C@@H]2C(=O)C[C@@H](C)C(=O)N[C@H](C(=O)CCC#N)Cc3ccc(OCCN)c(c3)-c3cc2ccc3OCCN)c(N)c1. The minimum absolute atomic E-state index is 0.0301. The highest BCUT2D eigenvalue weighted by Gasteiger charge is 2.36. The summed E-state index contributed by atoms with van der Waals surface area (Å²) in [6.45, 7) is 4.58. The normalized spacial score (nSPS) is 16.8. The second-order valence-electron chi connectivity index (χ2n) is 16.2. The average Bonchev–Trinajstić information content (AvgIpc) is 3.27. The van der Waals surface area contributed by atoms with Crippen LogP contribution in [0, 0.1) is 17.2 Å². The van der Waals surface area contributed by atoms with Crippen LogP contribution in [0.15, 0.2) is 54.6 Å². The van der Waals surface area contributed by atoms with Crippen LogP contribution in [0.5, 0.6) is 11.5 Å². The van der Waals surface area contributed by atoms with E-state index in [0.29, 0.717) is 33.8 Å². The maximum Gasteiger partial charge on any atom is 0.254 e. The lowest BCUT2D eigenvalue weighted by Crippen LogP contribution is -2.50. The van der Waals surface area contributed by atoms with Crippen molar-refractivity contribution < 1.29 is 33.4 Å². The number of unbranched alkanes of at least 4 members (excludes halogenated alkanes) is 5. The monoisotopic (exact) mass is 867 g/mol. The number of nitrogens with zero attached hydrogens (tertiary/aromatic N) is 2. The van der Waals surface area contributed by atoms with Gasteiger partial charge in [-0.05, 0) is 85.3 Å². The molecule has 0 spiro atoms. The molecular weight excluding hydrogens is 801 g/mol. The molecule has 0 saturated carbocycles. The maximum atomic E-state index is 14.6. The molecule has 340 valence electrons. The van der Waals surface area contributed by atoms with Crippen LogP contribution in [0.1, 0.15) is 111 Å². The van der Waals surface area contributed by atoms with Gasteiger partial charge < -0.3 is 47.9 Å². The van der Waals surface area contributed by atoms with Crippen LogP contribution in [0.3, 0.4) is 0 Å². The molecule has 4 atom stereocenters. The molecule has 3 amide bonds. The molecule has 0 fully saturated rings. The predicted octanol–water partition coefficient (Wildman–Crippen LogP) is 4.67. The molecule has 1 aliphatic heterocycles. The van der Waals surface area contributed by atoms with Crippen molar-refractivity contribution >= 4 is 35.0 Å². The van der Waals surface area contributed by atoms with Crippen LogP contribution in [-0.4, -0.2) is 86.2 Å². The minimum atomic E-state index is -1.26. The third-order valence-corrected chi connectivity index (χ3v) is 11.3. The quantitative estimate of drug-likeness (QED) is 0.0595. The Bertz CT molecular complexity index is 2090. The van der Waals surface area contributed by atoms with Gasteiger partial charge in [0, 0.05) is 62.1 Å². The highest BCUT2D eigenvalue weighted by Crippen LogP contribution is 2.40. The van der Waals surface area contributed by atoms with Crippen molar-refractivity contribution in [1.82, 2.24) is 15.5 Å². The summed E-state index contributed by atoms with van der Waals surface area (Å²) in [4.78, 5) is 71.5. The summed E-state index contributed by atoms with van der Waals surface area (Å²) in [7, 11) is 1.47. The molecule has 0 aliphatic carbocycles. The molecular formula is C48H66N8O7. The molecule has 4 rings (SSSR count). The standard InChI is InChI=1S/C48H66N8O7/c1-4-5-6-7-8-9-11-32-13-16-35(38(53)28-32)47(60)54-39(19-21-50)48(61)56(3)45-34-15-18-44(63-25-23-52)37(30-34)36-27-33(14-17-43(36)62-24-22-51)29-40(41(57)12-10-20-49)55-46(59)31(2)26-42(45)58/h13-18,27-28,30-31,39-40,45H,4-12,19,21-26,29,50-53H2,1-3H3,(H,54,60)(H,55,59)/t31-,39+,40+,45+/m1/s1. The Morgan fingerprint density at radius 1 is 0.889 bits per heavy atom. The van der Waals surface area contributed by atoms with Gasteiger partial charge in [-0.2, -0.15) is 5.26 Å². The van der Waals surface area contributed by atoms with E-state index in [1.807, 2.05) is 18.2 Å². The molecule has 63 heavy (non-hydrogen) atoms. The second-order valence-corrected chi connectivity index (χ2v) is 16.2. The Hall–Kier alpha value is -5.82. The summed E-state index contributed by atoms with van der Waals surface area (Å²) in [5.41, 5.74) is 27.7. The number of hydrogen-bond donors (Lipinski definition) is 6. The van der Waals surface area contributed by atoms with Gasteiger partial charge in [-0.1, -0.05) is 64.2 Å². The van der Waals surface area contributed by atoms with E-state index in [2.05, 4.69) is 17.6 Å². The van der Waals surface area contributed by atoms with Gasteiger partial charge in [-0.15, -0.1) is 0 Å². The summed E-state index contributed by atoms with van der Waals surface area (Å²) < 4.78 is 12.2. The smallest absolute Gasteiger partial charge is 0.254 e. The number of amides is 3. The molecule has 0 saturated heterocycles. The first-order valence-corrected chi connectivity index (χ1v) is 22.2. The number of aryl methyl sites for hydroxylation is 1. The summed E-state index contributed by atoms with van der Waals surface area (Å²) in [6.07, 6.45) is 7.52. The van der Waals surface area contributed by atoms with Crippen LogP contribution in [0.2, 0.25) is 0 Å². The summed E-state index contributed by atoms with van der Waals surface area (Å²) in [5.74, 6) is -2.57. The number of carbonyl (C=O) groups excluding carboxylic acids is 5. The zero-order valence-corrected chi connectivity index (χ0v) is 37.1. The second kappa shape index (κ2) is 25.3. The van der Waals surface area contributed by atoms with Crippen molar-refractivity contribution in [2.75, 3.05) is 45.6 Å². The number of Topliss-reactive ketones (excluding diaryl/α,β-unsaturated/α-hetero) is 2. The van der Waals surface area contributed by atoms with E-state index in [1.165, 1.54) is 37.6 Å². The van der Waals surface area contributed by atoms with Gasteiger partial charge in [0.05, 0.1) is 17.7 Å². The summed E-state index contributed by atoms with van der Waals surface area (Å²) >= 11 is 0. The van der Waals surface area contributed by atoms with Crippen LogP contribution in [0.4, 0.5) is 5.69 Å². The maximum absolute atomic E-state index is 14.6. The number of nitriles is 1. The number of nitrogens with two attached hydrogens (primary N) is 4. The number of rotatable bonds is 22. The number of nitrogen functional groups attached to an aromatic ring is 1. The molecule has 0 aromatic heterocycles. The first kappa shape index (κ1) is 49.8. The van der Waals surface area contributed by atoms with Gasteiger partial charge in [0.2, 0.25) is 11.8 Å². The summed E-state index contributed by atoms with van der Waals surface area (Å²) in [6, 6.07) is 14.4. The van der Waals surface area contributed by atoms with Crippen molar-refractivity contribution in [3.63, 3.8) is 0 Å². The number of likely N-dealkylation sites (N-methyl/N-ethyl adjacent to an activating group) is 1. The van der Waals surface area contributed by atoms with Gasteiger partial charge in [0.15, 0.2) is 11.6 Å². The van der Waals surface area contributed by atoms with Gasteiger partial charge >= 0.3 is 0 Å². The third-order valence-electron chi connectivity index (χ3n) is 11.3. The number of fused-ring (bicyclic) bond motifs is 5. The number of ether oxygens (including phenoxy) is 2. The first-order chi connectivity index (χ1) is 30.4. The average molecular weight is 867 g/mol. The van der Waals surface area contributed by atoms with Gasteiger partial charge in [0.1, 0.15) is 36.8 Å². The van der Waals surface area contributed by atoms with E-state index in [1.54, 1.807) is 49.4 Å². The number of benzene rings is 3. The molecule has 1 aliphatic rings. The minimum Gasteiger partial charge on any atom is -0.492 e. The fourth-order valence-electron chi connectivity index (χ4n) is 7.83. The molecule has 3 aromatic carbocycles.